The molecule has 0 aliphatic carbocycles. The number of hydrogen-bond acceptors (Lipinski definition) is 5. The van der Waals surface area contributed by atoms with Crippen molar-refractivity contribution in [2.24, 2.45) is 5.92 Å². The number of fused-ring (bicyclic) bond motifs is 2. The third-order valence-corrected chi connectivity index (χ3v) is 5.58. The van der Waals surface area contributed by atoms with Gasteiger partial charge in [0, 0.05) is 12.4 Å². The average molecular weight is 426 g/mol. The number of aromatic nitrogens is 2. The number of ether oxygens (including phenoxy) is 1. The fourth-order valence-corrected chi connectivity index (χ4v) is 3.76. The Morgan fingerprint density at radius 1 is 1.10 bits per heavy atom. The number of benzene rings is 1. The molecule has 30 heavy (non-hydrogen) atoms. The highest BCUT2D eigenvalue weighted by Crippen LogP contribution is 2.29. The van der Waals surface area contributed by atoms with Crippen LogP contribution in [0.15, 0.2) is 48.8 Å². The van der Waals surface area contributed by atoms with Gasteiger partial charge in [0.15, 0.2) is 0 Å². The molecule has 7 nitrogen and oxygen atoms in total. The third-order valence-electron chi connectivity index (χ3n) is 5.36. The van der Waals surface area contributed by atoms with E-state index in [1.807, 2.05) is 13.8 Å². The Morgan fingerprint density at radius 2 is 1.77 bits per heavy atom. The molecule has 2 atom stereocenters. The van der Waals surface area contributed by atoms with Gasteiger partial charge in [0.2, 0.25) is 0 Å². The highest BCUT2D eigenvalue weighted by Gasteiger charge is 2.45. The van der Waals surface area contributed by atoms with Crippen LogP contribution in [0.1, 0.15) is 46.7 Å². The molecule has 8 heteroatoms. The second kappa shape index (κ2) is 7.91. The van der Waals surface area contributed by atoms with Gasteiger partial charge < -0.3 is 9.14 Å². The van der Waals surface area contributed by atoms with E-state index in [4.69, 9.17) is 16.3 Å². The van der Waals surface area contributed by atoms with E-state index < -0.39 is 23.8 Å². The highest BCUT2D eigenvalue weighted by molar-refractivity contribution is 6.30. The summed E-state index contributed by atoms with van der Waals surface area (Å²) in [5.41, 5.74) is 1.82. The zero-order valence-corrected chi connectivity index (χ0v) is 17.3. The quantitative estimate of drug-likeness (QED) is 0.444. The normalized spacial score (nSPS) is 15.4. The number of hydrogen-bond donors (Lipinski definition) is 0. The minimum Gasteiger partial charge on any atom is -0.458 e. The van der Waals surface area contributed by atoms with Gasteiger partial charge in [-0.25, -0.2) is 9.78 Å². The van der Waals surface area contributed by atoms with Crippen LogP contribution >= 0.6 is 11.6 Å². The van der Waals surface area contributed by atoms with Gasteiger partial charge in [-0.15, -0.1) is 0 Å². The van der Waals surface area contributed by atoms with Gasteiger partial charge in [-0.1, -0.05) is 44.0 Å². The van der Waals surface area contributed by atoms with Crippen molar-refractivity contribution in [2.75, 3.05) is 0 Å². The van der Waals surface area contributed by atoms with Crippen LogP contribution in [0.3, 0.4) is 0 Å². The van der Waals surface area contributed by atoms with Crippen LogP contribution < -0.4 is 0 Å². The maximum atomic E-state index is 13.0. The third kappa shape index (κ3) is 3.45. The smallest absolute Gasteiger partial charge is 0.330 e. The van der Waals surface area contributed by atoms with Gasteiger partial charge in [-0.2, -0.15) is 0 Å². The van der Waals surface area contributed by atoms with Crippen LogP contribution in [0.25, 0.3) is 5.65 Å². The van der Waals surface area contributed by atoms with Crippen LogP contribution in [0.4, 0.5) is 0 Å². The molecule has 0 bridgehead atoms. The first-order valence-corrected chi connectivity index (χ1v) is 10.0. The topological polar surface area (TPSA) is 81.0 Å². The molecule has 3 aromatic rings. The maximum absolute atomic E-state index is 13.0. The van der Waals surface area contributed by atoms with Crippen molar-refractivity contribution in [3.05, 3.63) is 70.6 Å². The molecule has 154 valence electrons. The predicted octanol–water partition coefficient (Wildman–Crippen LogP) is 3.74. The molecule has 4 rings (SSSR count). The molecule has 1 aliphatic rings. The Morgan fingerprint density at radius 3 is 2.40 bits per heavy atom. The number of pyridine rings is 1. The fraction of sp³-hybridized carbons (Fsp3) is 0.273. The van der Waals surface area contributed by atoms with Crippen molar-refractivity contribution in [1.29, 1.82) is 0 Å². The molecule has 0 fully saturated rings. The van der Waals surface area contributed by atoms with E-state index in [2.05, 4.69) is 4.98 Å². The SMILES string of the molecule is CC[C@@H](C)[C@H](C(=O)OCc1cn2cc(Cl)ccc2n1)N1C(=O)c2ccccc2C1=O. The first-order valence-electron chi connectivity index (χ1n) is 9.67. The zero-order chi connectivity index (χ0) is 21.4. The van der Waals surface area contributed by atoms with Crippen LogP contribution in [-0.2, 0) is 16.1 Å². The molecule has 3 heterocycles. The molecular formula is C22H20ClN3O4. The lowest BCUT2D eigenvalue weighted by molar-refractivity contribution is -0.151. The fourth-order valence-electron chi connectivity index (χ4n) is 3.59. The second-order valence-corrected chi connectivity index (χ2v) is 7.75. The molecule has 1 aliphatic heterocycles. The van der Waals surface area contributed by atoms with Crippen molar-refractivity contribution in [1.82, 2.24) is 14.3 Å². The van der Waals surface area contributed by atoms with Crippen molar-refractivity contribution in [2.45, 2.75) is 32.9 Å². The van der Waals surface area contributed by atoms with Crippen molar-refractivity contribution in [3.63, 3.8) is 0 Å². The first kappa shape index (κ1) is 20.1. The van der Waals surface area contributed by atoms with Gasteiger partial charge in [-0.05, 0) is 30.2 Å². The molecule has 0 radical (unpaired) electrons. The Labute approximate surface area is 178 Å². The van der Waals surface area contributed by atoms with E-state index in [-0.39, 0.29) is 12.5 Å². The first-order chi connectivity index (χ1) is 14.4. The van der Waals surface area contributed by atoms with Gasteiger partial charge in [0.1, 0.15) is 18.3 Å². The minimum absolute atomic E-state index is 0.0752. The van der Waals surface area contributed by atoms with E-state index in [0.717, 1.165) is 4.90 Å². The van der Waals surface area contributed by atoms with Crippen LogP contribution in [0.5, 0.6) is 0 Å². The standard InChI is InChI=1S/C22H20ClN3O4/c1-3-13(2)19(26-20(27)16-6-4-5-7-17(16)21(26)28)22(29)30-12-15-11-25-10-14(23)8-9-18(25)24-15/h4-11,13,19H,3,12H2,1-2H3/t13-,19-/m1/s1. The summed E-state index contributed by atoms with van der Waals surface area (Å²) in [6, 6.07) is 9.05. The van der Waals surface area contributed by atoms with E-state index in [0.29, 0.717) is 33.9 Å². The molecule has 0 N–H and O–H groups in total. The van der Waals surface area contributed by atoms with Gasteiger partial charge in [-0.3, -0.25) is 14.5 Å². The van der Waals surface area contributed by atoms with Crippen molar-refractivity contribution in [3.8, 4) is 0 Å². The number of amides is 2. The lowest BCUT2D eigenvalue weighted by atomic mass is 9.97. The summed E-state index contributed by atoms with van der Waals surface area (Å²) < 4.78 is 7.22. The zero-order valence-electron chi connectivity index (χ0n) is 16.5. The number of halogens is 1. The lowest BCUT2D eigenvalue weighted by Gasteiger charge is -2.28. The highest BCUT2D eigenvalue weighted by atomic mass is 35.5. The Bertz CT molecular complexity index is 1120. The molecule has 1 aromatic carbocycles. The minimum atomic E-state index is -1.01. The Kier molecular flexibility index (Phi) is 5.30. The summed E-state index contributed by atoms with van der Waals surface area (Å²) in [6.07, 6.45) is 4.02. The van der Waals surface area contributed by atoms with Gasteiger partial charge in [0.05, 0.1) is 21.8 Å². The maximum Gasteiger partial charge on any atom is 0.330 e. The van der Waals surface area contributed by atoms with Crippen molar-refractivity contribution >= 4 is 35.0 Å². The average Bonchev–Trinajstić information content (AvgIpc) is 3.26. The van der Waals surface area contributed by atoms with Crippen molar-refractivity contribution < 1.29 is 19.1 Å². The van der Waals surface area contributed by atoms with E-state index in [1.54, 1.807) is 53.2 Å². The molecule has 2 amide bonds. The van der Waals surface area contributed by atoms with E-state index >= 15 is 0 Å². The lowest BCUT2D eigenvalue weighted by Crippen LogP contribution is -2.49. The summed E-state index contributed by atoms with van der Waals surface area (Å²) in [7, 11) is 0. The molecular weight excluding hydrogens is 406 g/mol. The summed E-state index contributed by atoms with van der Waals surface area (Å²) in [6.45, 7) is 3.64. The monoisotopic (exact) mass is 425 g/mol. The van der Waals surface area contributed by atoms with Crippen LogP contribution in [0, 0.1) is 5.92 Å². The van der Waals surface area contributed by atoms with Crippen LogP contribution in [-0.4, -0.2) is 38.1 Å². The summed E-state index contributed by atoms with van der Waals surface area (Å²) in [5, 5.41) is 0.561. The number of esters is 1. The number of nitrogens with zero attached hydrogens (tertiary/aromatic N) is 3. The Hall–Kier alpha value is -3.19. The van der Waals surface area contributed by atoms with Gasteiger partial charge >= 0.3 is 5.97 Å². The van der Waals surface area contributed by atoms with Gasteiger partial charge in [0.25, 0.3) is 11.8 Å². The number of imide groups is 1. The largest absolute Gasteiger partial charge is 0.458 e. The van der Waals surface area contributed by atoms with E-state index in [1.165, 1.54) is 0 Å². The molecule has 2 aromatic heterocycles. The number of carbonyl (C=O) groups is 3. The number of imidazole rings is 1. The number of rotatable bonds is 6. The second-order valence-electron chi connectivity index (χ2n) is 7.31. The van der Waals surface area contributed by atoms with Crippen LogP contribution in [0.2, 0.25) is 5.02 Å². The Balaban J connectivity index is 1.56. The predicted molar refractivity (Wildman–Crippen MR) is 110 cm³/mol. The summed E-state index contributed by atoms with van der Waals surface area (Å²) in [4.78, 5) is 44.1. The summed E-state index contributed by atoms with van der Waals surface area (Å²) in [5.74, 6) is -1.84. The molecule has 0 unspecified atom stereocenters. The molecule has 0 saturated heterocycles. The summed E-state index contributed by atoms with van der Waals surface area (Å²) >= 11 is 5.98. The van der Waals surface area contributed by atoms with E-state index in [9.17, 15) is 14.4 Å². The molecule has 0 saturated carbocycles. The number of carbonyl (C=O) groups excluding carboxylic acids is 3. The molecule has 0 spiro atoms.